The number of aldehydes is 1. The van der Waals surface area contributed by atoms with Gasteiger partial charge in [0.25, 0.3) is 5.91 Å². The van der Waals surface area contributed by atoms with E-state index in [0.29, 0.717) is 57.9 Å². The molecule has 0 bridgehead atoms. The highest BCUT2D eigenvalue weighted by Gasteiger charge is 2.33. The Labute approximate surface area is 225 Å². The van der Waals surface area contributed by atoms with Gasteiger partial charge in [-0.2, -0.15) is 0 Å². The van der Waals surface area contributed by atoms with E-state index in [-0.39, 0.29) is 24.7 Å². The monoisotopic (exact) mass is 528 g/mol. The molecule has 1 unspecified atom stereocenters. The molecule has 0 spiro atoms. The molecule has 10 heteroatoms. The fourth-order valence-corrected chi connectivity index (χ4v) is 4.05. The number of ether oxygens (including phenoxy) is 2. The fraction of sp³-hybridized carbons (Fsp3) is 0.571. The van der Waals surface area contributed by atoms with Crippen LogP contribution in [0, 0.1) is 11.8 Å². The first-order chi connectivity index (χ1) is 18.5. The van der Waals surface area contributed by atoms with Crippen LogP contribution in [-0.4, -0.2) is 101 Å². The number of hydrogen-bond donors (Lipinski definition) is 2. The van der Waals surface area contributed by atoms with Crippen molar-refractivity contribution in [3.63, 3.8) is 0 Å². The smallest absolute Gasteiger partial charge is 0.255 e. The minimum absolute atomic E-state index is 0.160. The van der Waals surface area contributed by atoms with Gasteiger partial charge in [-0.15, -0.1) is 0 Å². The molecule has 208 valence electrons. The molecular formula is C28H40N4O6. The Balaban J connectivity index is 1.70. The van der Waals surface area contributed by atoms with E-state index in [1.165, 1.54) is 4.90 Å². The van der Waals surface area contributed by atoms with E-state index < -0.39 is 6.04 Å². The summed E-state index contributed by atoms with van der Waals surface area (Å²) in [6, 6.07) is 4.83. The quantitative estimate of drug-likeness (QED) is 0.156. The van der Waals surface area contributed by atoms with Crippen molar-refractivity contribution in [2.75, 3.05) is 60.2 Å². The van der Waals surface area contributed by atoms with E-state index in [1.54, 1.807) is 13.1 Å². The molecule has 1 aliphatic heterocycles. The van der Waals surface area contributed by atoms with Gasteiger partial charge in [0, 0.05) is 70.4 Å². The molecule has 1 aromatic carbocycles. The maximum atomic E-state index is 12.9. The second-order valence-corrected chi connectivity index (χ2v) is 9.04. The molecule has 3 amide bonds. The minimum atomic E-state index is -0.644. The summed E-state index contributed by atoms with van der Waals surface area (Å²) in [5.74, 6) is 6.06. The van der Waals surface area contributed by atoms with Gasteiger partial charge in [-0.3, -0.25) is 14.4 Å². The second kappa shape index (κ2) is 18.1. The molecule has 0 saturated carbocycles. The summed E-state index contributed by atoms with van der Waals surface area (Å²) in [6.45, 7) is 5.02. The Morgan fingerprint density at radius 1 is 1.16 bits per heavy atom. The van der Waals surface area contributed by atoms with Crippen LogP contribution in [0.1, 0.15) is 53.6 Å². The lowest BCUT2D eigenvalue weighted by Gasteiger charge is -2.22. The zero-order chi connectivity index (χ0) is 27.6. The molecule has 2 N–H and O–H groups in total. The van der Waals surface area contributed by atoms with Crippen LogP contribution in [0.4, 0.5) is 0 Å². The zero-order valence-corrected chi connectivity index (χ0v) is 22.5. The highest BCUT2D eigenvalue weighted by molar-refractivity contribution is 6.00. The Bertz CT molecular complexity index is 974. The normalized spacial score (nSPS) is 13.0. The lowest BCUT2D eigenvalue weighted by molar-refractivity contribution is -0.121. The van der Waals surface area contributed by atoms with Gasteiger partial charge in [0.1, 0.15) is 6.29 Å². The molecule has 1 aliphatic rings. The fourth-order valence-electron chi connectivity index (χ4n) is 4.05. The van der Waals surface area contributed by atoms with E-state index in [9.17, 15) is 19.2 Å². The van der Waals surface area contributed by atoms with Crippen LogP contribution in [0.3, 0.4) is 0 Å². The number of benzene rings is 1. The first-order valence-electron chi connectivity index (χ1n) is 13.1. The van der Waals surface area contributed by atoms with Crippen LogP contribution < -0.4 is 10.6 Å². The van der Waals surface area contributed by atoms with Gasteiger partial charge in [0.05, 0.1) is 19.3 Å². The van der Waals surface area contributed by atoms with Crippen LogP contribution >= 0.6 is 0 Å². The van der Waals surface area contributed by atoms with Crippen molar-refractivity contribution in [2.45, 2.75) is 44.7 Å². The number of fused-ring (bicyclic) bond motifs is 1. The van der Waals surface area contributed by atoms with Crippen LogP contribution in [0.15, 0.2) is 18.2 Å². The number of amides is 3. The summed E-state index contributed by atoms with van der Waals surface area (Å²) in [6.07, 6.45) is 4.29. The molecule has 1 heterocycles. The first-order valence-corrected chi connectivity index (χ1v) is 13.1. The molecule has 38 heavy (non-hydrogen) atoms. The van der Waals surface area contributed by atoms with Gasteiger partial charge >= 0.3 is 0 Å². The lowest BCUT2D eigenvalue weighted by atomic mass is 10.0. The predicted octanol–water partition coefficient (Wildman–Crippen LogP) is 0.969. The van der Waals surface area contributed by atoms with E-state index in [4.69, 9.17) is 9.47 Å². The van der Waals surface area contributed by atoms with Crippen LogP contribution in [0.25, 0.3) is 0 Å². The third-order valence-corrected chi connectivity index (χ3v) is 6.23. The van der Waals surface area contributed by atoms with E-state index >= 15 is 0 Å². The number of hydrogen-bond acceptors (Lipinski definition) is 7. The van der Waals surface area contributed by atoms with Crippen molar-refractivity contribution in [1.82, 2.24) is 20.4 Å². The largest absolute Gasteiger partial charge is 0.379 e. The van der Waals surface area contributed by atoms with Gasteiger partial charge in [-0.1, -0.05) is 17.9 Å². The van der Waals surface area contributed by atoms with Crippen molar-refractivity contribution in [3.8, 4) is 11.8 Å². The zero-order valence-electron chi connectivity index (χ0n) is 22.5. The summed E-state index contributed by atoms with van der Waals surface area (Å²) in [4.78, 5) is 50.0. The molecule has 10 nitrogen and oxygen atoms in total. The Morgan fingerprint density at radius 3 is 2.63 bits per heavy atom. The molecule has 2 rings (SSSR count). The van der Waals surface area contributed by atoms with Gasteiger partial charge in [0.2, 0.25) is 12.3 Å². The van der Waals surface area contributed by atoms with Crippen LogP contribution in [0.2, 0.25) is 0 Å². The molecule has 0 saturated heterocycles. The van der Waals surface area contributed by atoms with Gasteiger partial charge < -0.3 is 34.7 Å². The van der Waals surface area contributed by atoms with Crippen molar-refractivity contribution in [1.29, 1.82) is 0 Å². The molecular weight excluding hydrogens is 488 g/mol. The number of carbonyl (C=O) groups is 4. The first kappa shape index (κ1) is 31.0. The molecule has 0 fully saturated rings. The SMILES string of the molecule is CNC(=O)CCC(C=O)N1Cc2c(C#CCCN(C)CCCOCCOCCCNC=O)cccc2C1=O. The second-order valence-electron chi connectivity index (χ2n) is 9.04. The van der Waals surface area contributed by atoms with Gasteiger partial charge in [-0.05, 0) is 44.0 Å². The maximum absolute atomic E-state index is 12.9. The average Bonchev–Trinajstić information content (AvgIpc) is 3.26. The van der Waals surface area contributed by atoms with Crippen molar-refractivity contribution in [2.24, 2.45) is 0 Å². The third-order valence-electron chi connectivity index (χ3n) is 6.23. The summed E-state index contributed by atoms with van der Waals surface area (Å²) >= 11 is 0. The Kier molecular flexibility index (Phi) is 14.7. The lowest BCUT2D eigenvalue weighted by Crippen LogP contribution is -2.37. The standard InChI is InChI=1S/C28H40N4O6/c1-29-27(35)12-11-24(21-33)32-20-26-23(9-5-10-25(26)28(32)36)8-3-4-14-31(2)15-7-17-38-19-18-37-16-6-13-30-22-34/h5,9-10,21-22,24H,4,6-7,11-20H2,1-2H3,(H,29,35)(H,30,34). The maximum Gasteiger partial charge on any atom is 0.255 e. The number of nitrogens with zero attached hydrogens (tertiary/aromatic N) is 2. The van der Waals surface area contributed by atoms with E-state index in [0.717, 1.165) is 43.3 Å². The Morgan fingerprint density at radius 2 is 1.92 bits per heavy atom. The molecule has 0 aliphatic carbocycles. The molecule has 0 radical (unpaired) electrons. The van der Waals surface area contributed by atoms with Gasteiger partial charge in [-0.25, -0.2) is 0 Å². The van der Waals surface area contributed by atoms with Crippen molar-refractivity contribution in [3.05, 3.63) is 34.9 Å². The van der Waals surface area contributed by atoms with E-state index in [1.807, 2.05) is 19.2 Å². The third kappa shape index (κ3) is 10.6. The highest BCUT2D eigenvalue weighted by Crippen LogP contribution is 2.28. The molecule has 1 aromatic rings. The topological polar surface area (TPSA) is 117 Å². The average molecular weight is 529 g/mol. The molecule has 1 atom stereocenters. The van der Waals surface area contributed by atoms with Crippen molar-refractivity contribution < 1.29 is 28.7 Å². The van der Waals surface area contributed by atoms with E-state index in [2.05, 4.69) is 27.4 Å². The van der Waals surface area contributed by atoms with Crippen molar-refractivity contribution >= 4 is 24.5 Å². The molecule has 0 aromatic heterocycles. The Hall–Kier alpha value is -3.26. The van der Waals surface area contributed by atoms with Crippen LogP contribution in [0.5, 0.6) is 0 Å². The summed E-state index contributed by atoms with van der Waals surface area (Å²) in [5, 5.41) is 5.13. The number of rotatable bonds is 19. The summed E-state index contributed by atoms with van der Waals surface area (Å²) < 4.78 is 11.0. The van der Waals surface area contributed by atoms with Crippen LogP contribution in [-0.2, 0) is 30.4 Å². The minimum Gasteiger partial charge on any atom is -0.379 e. The predicted molar refractivity (Wildman–Crippen MR) is 143 cm³/mol. The summed E-state index contributed by atoms with van der Waals surface area (Å²) in [5.41, 5.74) is 2.21. The van der Waals surface area contributed by atoms with Gasteiger partial charge in [0.15, 0.2) is 0 Å². The number of nitrogens with one attached hydrogen (secondary N) is 2. The number of carbonyl (C=O) groups excluding carboxylic acids is 4. The summed E-state index contributed by atoms with van der Waals surface area (Å²) in [7, 11) is 3.60. The highest BCUT2D eigenvalue weighted by atomic mass is 16.5.